The van der Waals surface area contributed by atoms with Crippen LogP contribution in [-0.4, -0.2) is 55.5 Å². The standard InChI is InChI=1S/C23H27F3N4O4/c24-23(25,26)18-7-3-6-16-17(18)12-30(22(16)34)19(10-14-4-1-2-5-14)21(33)27-20-8-9-29(28-20)11-15(32)13-31/h3,6-9,14-15,19,31-32H,1-2,4-5,10-13H2,(H,27,28,33)/t15-,19-/m0/s1. The fourth-order valence-corrected chi connectivity index (χ4v) is 4.82. The zero-order valence-corrected chi connectivity index (χ0v) is 18.5. The van der Waals surface area contributed by atoms with E-state index in [-0.39, 0.29) is 36.0 Å². The highest BCUT2D eigenvalue weighted by Crippen LogP contribution is 2.39. The predicted octanol–water partition coefficient (Wildman–Crippen LogP) is 2.80. The molecular weight excluding hydrogens is 453 g/mol. The van der Waals surface area contributed by atoms with E-state index in [9.17, 15) is 27.9 Å². The summed E-state index contributed by atoms with van der Waals surface area (Å²) in [6.07, 6.45) is 0.106. The van der Waals surface area contributed by atoms with Gasteiger partial charge in [-0.05, 0) is 30.0 Å². The van der Waals surface area contributed by atoms with Crippen molar-refractivity contribution in [1.82, 2.24) is 14.7 Å². The van der Waals surface area contributed by atoms with Gasteiger partial charge in [0.25, 0.3) is 5.91 Å². The van der Waals surface area contributed by atoms with Crippen LogP contribution in [0.3, 0.4) is 0 Å². The van der Waals surface area contributed by atoms with Gasteiger partial charge >= 0.3 is 6.18 Å². The first-order valence-corrected chi connectivity index (χ1v) is 11.3. The highest BCUT2D eigenvalue weighted by molar-refractivity contribution is 6.03. The zero-order valence-electron chi connectivity index (χ0n) is 18.5. The van der Waals surface area contributed by atoms with E-state index >= 15 is 0 Å². The molecule has 1 aliphatic carbocycles. The summed E-state index contributed by atoms with van der Waals surface area (Å²) in [6.45, 7) is -0.702. The lowest BCUT2D eigenvalue weighted by Crippen LogP contribution is -2.45. The topological polar surface area (TPSA) is 108 Å². The molecule has 2 amide bonds. The van der Waals surface area contributed by atoms with Gasteiger partial charge in [0.05, 0.1) is 24.8 Å². The lowest BCUT2D eigenvalue weighted by Gasteiger charge is -2.29. The van der Waals surface area contributed by atoms with Gasteiger partial charge in [-0.3, -0.25) is 14.3 Å². The van der Waals surface area contributed by atoms with E-state index < -0.39 is 42.3 Å². The molecule has 0 spiro atoms. The monoisotopic (exact) mass is 480 g/mol. The van der Waals surface area contributed by atoms with E-state index in [1.807, 2.05) is 0 Å². The molecule has 2 aromatic rings. The SMILES string of the molecule is O=C(Nc1ccn(C[C@H](O)CO)n1)[C@H](CC1CCCC1)N1Cc2c(cccc2C(F)(F)F)C1=O. The van der Waals surface area contributed by atoms with Gasteiger partial charge in [-0.1, -0.05) is 31.7 Å². The molecule has 0 radical (unpaired) electrons. The Hall–Kier alpha value is -2.92. The van der Waals surface area contributed by atoms with Crippen molar-refractivity contribution in [2.45, 2.75) is 63.5 Å². The molecule has 184 valence electrons. The normalized spacial score (nSPS) is 18.3. The molecule has 8 nitrogen and oxygen atoms in total. The van der Waals surface area contributed by atoms with E-state index in [4.69, 9.17) is 5.11 Å². The first-order valence-electron chi connectivity index (χ1n) is 11.3. The smallest absolute Gasteiger partial charge is 0.394 e. The molecule has 1 saturated carbocycles. The Morgan fingerprint density at radius 2 is 1.97 bits per heavy atom. The van der Waals surface area contributed by atoms with Crippen molar-refractivity contribution in [3.05, 3.63) is 47.2 Å². The predicted molar refractivity (Wildman–Crippen MR) is 116 cm³/mol. The number of alkyl halides is 3. The van der Waals surface area contributed by atoms with E-state index in [0.717, 1.165) is 31.7 Å². The van der Waals surface area contributed by atoms with Crippen molar-refractivity contribution in [1.29, 1.82) is 0 Å². The number of fused-ring (bicyclic) bond motifs is 1. The Morgan fingerprint density at radius 1 is 1.24 bits per heavy atom. The summed E-state index contributed by atoms with van der Waals surface area (Å²) in [7, 11) is 0. The minimum absolute atomic E-state index is 0.0258. The Labute approximate surface area is 194 Å². The summed E-state index contributed by atoms with van der Waals surface area (Å²) < 4.78 is 42.0. The van der Waals surface area contributed by atoms with Crippen LogP contribution in [0.25, 0.3) is 0 Å². The second kappa shape index (κ2) is 9.75. The number of nitrogens with one attached hydrogen (secondary N) is 1. The van der Waals surface area contributed by atoms with Crippen LogP contribution < -0.4 is 5.32 Å². The van der Waals surface area contributed by atoms with E-state index in [1.165, 1.54) is 34.0 Å². The molecule has 1 aromatic heterocycles. The summed E-state index contributed by atoms with van der Waals surface area (Å²) in [5.74, 6) is -0.719. The van der Waals surface area contributed by atoms with Gasteiger partial charge < -0.3 is 20.4 Å². The molecule has 1 fully saturated rings. The summed E-state index contributed by atoms with van der Waals surface area (Å²) in [4.78, 5) is 27.6. The first-order chi connectivity index (χ1) is 16.2. The fraction of sp³-hybridized carbons (Fsp3) is 0.522. The number of hydrogen-bond acceptors (Lipinski definition) is 5. The zero-order chi connectivity index (χ0) is 24.5. The number of rotatable bonds is 8. The Kier molecular flexibility index (Phi) is 6.94. The largest absolute Gasteiger partial charge is 0.416 e. The number of aromatic nitrogens is 2. The highest BCUT2D eigenvalue weighted by atomic mass is 19.4. The van der Waals surface area contributed by atoms with E-state index in [0.29, 0.717) is 6.42 Å². The van der Waals surface area contributed by atoms with Gasteiger partial charge in [-0.15, -0.1) is 0 Å². The number of amides is 2. The lowest BCUT2D eigenvalue weighted by atomic mass is 9.96. The molecule has 11 heteroatoms. The van der Waals surface area contributed by atoms with Crippen molar-refractivity contribution in [3.63, 3.8) is 0 Å². The van der Waals surface area contributed by atoms with Crippen molar-refractivity contribution >= 4 is 17.6 Å². The van der Waals surface area contributed by atoms with Gasteiger partial charge in [-0.25, -0.2) is 0 Å². The average Bonchev–Trinajstić information content (AvgIpc) is 3.52. The van der Waals surface area contributed by atoms with Gasteiger partial charge in [-0.2, -0.15) is 18.3 Å². The van der Waals surface area contributed by atoms with Gasteiger partial charge in [0.1, 0.15) is 6.04 Å². The first kappa shape index (κ1) is 24.2. The molecule has 0 saturated heterocycles. The van der Waals surface area contributed by atoms with Gasteiger partial charge in [0, 0.05) is 24.4 Å². The number of halogens is 3. The van der Waals surface area contributed by atoms with Crippen LogP contribution in [0.5, 0.6) is 0 Å². The highest BCUT2D eigenvalue weighted by Gasteiger charge is 2.43. The molecule has 1 aliphatic heterocycles. The third-order valence-electron chi connectivity index (χ3n) is 6.51. The molecule has 2 heterocycles. The second-order valence-electron chi connectivity index (χ2n) is 8.91. The molecule has 2 atom stereocenters. The fourth-order valence-electron chi connectivity index (χ4n) is 4.82. The molecule has 1 aromatic carbocycles. The molecule has 2 aliphatic rings. The van der Waals surface area contributed by atoms with Crippen LogP contribution in [0.15, 0.2) is 30.5 Å². The van der Waals surface area contributed by atoms with Crippen LogP contribution in [0.2, 0.25) is 0 Å². The Bertz CT molecular complexity index is 1050. The third kappa shape index (κ3) is 5.10. The summed E-state index contributed by atoms with van der Waals surface area (Å²) >= 11 is 0. The molecule has 0 bridgehead atoms. The lowest BCUT2D eigenvalue weighted by molar-refractivity contribution is -0.138. The maximum atomic E-state index is 13.5. The third-order valence-corrected chi connectivity index (χ3v) is 6.51. The minimum atomic E-state index is -4.60. The van der Waals surface area contributed by atoms with Crippen LogP contribution in [-0.2, 0) is 24.1 Å². The molecule has 34 heavy (non-hydrogen) atoms. The van der Waals surface area contributed by atoms with Crippen LogP contribution in [0, 0.1) is 5.92 Å². The Balaban J connectivity index is 1.57. The molecule has 0 unspecified atom stereocenters. The van der Waals surface area contributed by atoms with E-state index in [1.54, 1.807) is 0 Å². The molecule has 4 rings (SSSR count). The Morgan fingerprint density at radius 3 is 2.65 bits per heavy atom. The second-order valence-corrected chi connectivity index (χ2v) is 8.91. The van der Waals surface area contributed by atoms with Crippen molar-refractivity contribution in [2.75, 3.05) is 11.9 Å². The number of benzene rings is 1. The van der Waals surface area contributed by atoms with Crippen molar-refractivity contribution < 1.29 is 33.0 Å². The summed E-state index contributed by atoms with van der Waals surface area (Å²) in [5.41, 5.74) is -0.991. The summed E-state index contributed by atoms with van der Waals surface area (Å²) in [6, 6.07) is 4.09. The number of nitrogens with zero attached hydrogens (tertiary/aromatic N) is 3. The number of aliphatic hydroxyl groups is 2. The summed E-state index contributed by atoms with van der Waals surface area (Å²) in [5, 5.41) is 25.4. The number of hydrogen-bond donors (Lipinski definition) is 3. The van der Waals surface area contributed by atoms with Crippen LogP contribution >= 0.6 is 0 Å². The number of carbonyl (C=O) groups is 2. The van der Waals surface area contributed by atoms with E-state index in [2.05, 4.69) is 10.4 Å². The number of anilines is 1. The minimum Gasteiger partial charge on any atom is -0.394 e. The average molecular weight is 480 g/mol. The van der Waals surface area contributed by atoms with Crippen LogP contribution in [0.4, 0.5) is 19.0 Å². The van der Waals surface area contributed by atoms with Gasteiger partial charge in [0.2, 0.25) is 5.91 Å². The maximum absolute atomic E-state index is 13.5. The van der Waals surface area contributed by atoms with Crippen molar-refractivity contribution in [2.24, 2.45) is 5.92 Å². The maximum Gasteiger partial charge on any atom is 0.416 e. The molecule has 3 N–H and O–H groups in total. The molecular formula is C23H27F3N4O4. The number of carbonyl (C=O) groups excluding carboxylic acids is 2. The van der Waals surface area contributed by atoms with Crippen molar-refractivity contribution in [3.8, 4) is 0 Å². The number of aliphatic hydroxyl groups excluding tert-OH is 2. The van der Waals surface area contributed by atoms with Gasteiger partial charge in [0.15, 0.2) is 5.82 Å². The quantitative estimate of drug-likeness (QED) is 0.539. The van der Waals surface area contributed by atoms with Crippen LogP contribution in [0.1, 0.15) is 53.6 Å².